The summed E-state index contributed by atoms with van der Waals surface area (Å²) in [6.07, 6.45) is 62.2. The van der Waals surface area contributed by atoms with Crippen LogP contribution in [0, 0.1) is 0 Å². The van der Waals surface area contributed by atoms with Crippen molar-refractivity contribution in [2.45, 2.75) is 327 Å². The molecule has 0 rings (SSSR count). The van der Waals surface area contributed by atoms with E-state index in [1.54, 1.807) is 0 Å². The first-order chi connectivity index (χ1) is 29.6. The fourth-order valence-corrected chi connectivity index (χ4v) is 8.87. The smallest absolute Gasteiger partial charge is 0.220 e. The van der Waals surface area contributed by atoms with Crippen molar-refractivity contribution < 1.29 is 20.1 Å². The average molecular weight is 848 g/mol. The van der Waals surface area contributed by atoms with E-state index in [1.807, 2.05) is 0 Å². The van der Waals surface area contributed by atoms with Crippen molar-refractivity contribution in [2.75, 3.05) is 6.61 Å². The molecule has 358 valence electrons. The monoisotopic (exact) mass is 848 g/mol. The number of hydrogen-bond acceptors (Lipinski definition) is 4. The predicted molar refractivity (Wildman–Crippen MR) is 264 cm³/mol. The van der Waals surface area contributed by atoms with Crippen LogP contribution in [0.15, 0.2) is 12.2 Å². The van der Waals surface area contributed by atoms with Crippen molar-refractivity contribution >= 4 is 5.91 Å². The second kappa shape index (κ2) is 50.7. The summed E-state index contributed by atoms with van der Waals surface area (Å²) in [7, 11) is 0. The maximum absolute atomic E-state index is 12.5. The quantitative estimate of drug-likeness (QED) is 0.0363. The molecule has 0 aromatic heterocycles. The molecule has 60 heavy (non-hydrogen) atoms. The van der Waals surface area contributed by atoms with Crippen molar-refractivity contribution in [1.82, 2.24) is 5.32 Å². The average Bonchev–Trinajstić information content (AvgIpc) is 3.25. The Balaban J connectivity index is 3.55. The Labute approximate surface area is 376 Å². The molecule has 3 unspecified atom stereocenters. The van der Waals surface area contributed by atoms with Crippen molar-refractivity contribution in [3.63, 3.8) is 0 Å². The SMILES string of the molecule is CCCCCCCCCCCCCCCCCCCCC/C=C/CCCC(O)C(O)C(CO)NC(=O)CCCCCCCCCCCCCCCCCCCCCCCC. The zero-order chi connectivity index (χ0) is 43.7. The van der Waals surface area contributed by atoms with E-state index >= 15 is 0 Å². The lowest BCUT2D eigenvalue weighted by atomic mass is 10.0. The number of aliphatic hydroxyl groups excluding tert-OH is 3. The minimum Gasteiger partial charge on any atom is -0.394 e. The van der Waals surface area contributed by atoms with Gasteiger partial charge in [0.2, 0.25) is 5.91 Å². The van der Waals surface area contributed by atoms with Gasteiger partial charge in [-0.1, -0.05) is 276 Å². The highest BCUT2D eigenvalue weighted by atomic mass is 16.3. The number of nitrogens with one attached hydrogen (secondary N) is 1. The molecule has 0 aromatic carbocycles. The summed E-state index contributed by atoms with van der Waals surface area (Å²) in [4.78, 5) is 12.5. The zero-order valence-corrected chi connectivity index (χ0v) is 40.9. The highest BCUT2D eigenvalue weighted by Crippen LogP contribution is 2.18. The van der Waals surface area contributed by atoms with Crippen LogP contribution in [0.2, 0.25) is 0 Å². The van der Waals surface area contributed by atoms with Crippen LogP contribution in [0.4, 0.5) is 0 Å². The highest BCUT2D eigenvalue weighted by molar-refractivity contribution is 5.76. The van der Waals surface area contributed by atoms with Gasteiger partial charge in [-0.15, -0.1) is 0 Å². The van der Waals surface area contributed by atoms with Crippen molar-refractivity contribution in [3.05, 3.63) is 12.2 Å². The molecular weight excluding hydrogens is 739 g/mol. The molecule has 0 aromatic rings. The molecule has 0 aliphatic rings. The number of hydrogen-bond donors (Lipinski definition) is 4. The van der Waals surface area contributed by atoms with Crippen molar-refractivity contribution in [2.24, 2.45) is 0 Å². The van der Waals surface area contributed by atoms with Crippen LogP contribution in [0.25, 0.3) is 0 Å². The Morgan fingerprint density at radius 1 is 0.400 bits per heavy atom. The number of allylic oxidation sites excluding steroid dienone is 2. The van der Waals surface area contributed by atoms with Gasteiger partial charge in [-0.05, 0) is 38.5 Å². The molecule has 0 aliphatic carbocycles. The van der Waals surface area contributed by atoms with Crippen LogP contribution < -0.4 is 5.32 Å². The minimum atomic E-state index is -1.16. The van der Waals surface area contributed by atoms with E-state index in [-0.39, 0.29) is 12.5 Å². The molecule has 0 bridgehead atoms. The standard InChI is InChI=1S/C55H109NO4/c1-3-5-7-9-11-13-15-17-19-21-23-25-27-28-29-31-33-35-37-39-41-43-45-47-49-53(58)55(60)52(51-57)56-54(59)50-48-46-44-42-40-38-36-34-32-30-26-24-22-20-18-16-14-12-10-8-6-4-2/h41,43,52-53,55,57-58,60H,3-40,42,44-51H2,1-2H3,(H,56,59)/b43-41+. The first-order valence-corrected chi connectivity index (χ1v) is 27.5. The van der Waals surface area contributed by atoms with Crippen LogP contribution in [0.1, 0.15) is 309 Å². The summed E-state index contributed by atoms with van der Waals surface area (Å²) in [5, 5.41) is 33.7. The molecule has 0 heterocycles. The third-order valence-corrected chi connectivity index (χ3v) is 13.1. The van der Waals surface area contributed by atoms with Crippen LogP contribution in [-0.2, 0) is 4.79 Å². The number of carbonyl (C=O) groups excluding carboxylic acids is 1. The molecule has 0 spiro atoms. The van der Waals surface area contributed by atoms with Crippen LogP contribution in [0.3, 0.4) is 0 Å². The van der Waals surface area contributed by atoms with Crippen molar-refractivity contribution in [1.29, 1.82) is 0 Å². The molecule has 4 N–H and O–H groups in total. The Bertz CT molecular complexity index is 848. The van der Waals surface area contributed by atoms with Crippen molar-refractivity contribution in [3.8, 4) is 0 Å². The Hall–Kier alpha value is -0.910. The van der Waals surface area contributed by atoms with Crippen LogP contribution in [0.5, 0.6) is 0 Å². The third kappa shape index (κ3) is 45.1. The minimum absolute atomic E-state index is 0.147. The predicted octanol–water partition coefficient (Wildman–Crippen LogP) is 16.7. The first kappa shape index (κ1) is 59.1. The third-order valence-electron chi connectivity index (χ3n) is 13.1. The molecule has 5 heteroatoms. The Kier molecular flexibility index (Phi) is 50.0. The van der Waals surface area contributed by atoms with Gasteiger partial charge in [-0.3, -0.25) is 4.79 Å². The molecule has 0 fully saturated rings. The van der Waals surface area contributed by atoms with E-state index in [9.17, 15) is 20.1 Å². The maximum atomic E-state index is 12.5. The van der Waals surface area contributed by atoms with Gasteiger partial charge in [0.1, 0.15) is 6.10 Å². The number of amides is 1. The molecular formula is C55H109NO4. The van der Waals surface area contributed by atoms with Gasteiger partial charge in [0.05, 0.1) is 18.8 Å². The van der Waals surface area contributed by atoms with Gasteiger partial charge in [-0.2, -0.15) is 0 Å². The van der Waals surface area contributed by atoms with Gasteiger partial charge in [0, 0.05) is 6.42 Å². The van der Waals surface area contributed by atoms with E-state index in [2.05, 4.69) is 31.3 Å². The van der Waals surface area contributed by atoms with Gasteiger partial charge < -0.3 is 20.6 Å². The Morgan fingerprint density at radius 2 is 0.667 bits per heavy atom. The summed E-state index contributed by atoms with van der Waals surface area (Å²) >= 11 is 0. The molecule has 5 nitrogen and oxygen atoms in total. The lowest BCUT2D eigenvalue weighted by Gasteiger charge is -2.26. The van der Waals surface area contributed by atoms with E-state index in [0.717, 1.165) is 38.5 Å². The van der Waals surface area contributed by atoms with Gasteiger partial charge in [0.25, 0.3) is 0 Å². The molecule has 1 amide bonds. The normalized spacial score (nSPS) is 13.3. The largest absolute Gasteiger partial charge is 0.394 e. The van der Waals surface area contributed by atoms with Gasteiger partial charge in [0.15, 0.2) is 0 Å². The second-order valence-electron chi connectivity index (χ2n) is 19.1. The number of unbranched alkanes of at least 4 members (excludes halogenated alkanes) is 41. The zero-order valence-electron chi connectivity index (χ0n) is 40.9. The van der Waals surface area contributed by atoms with E-state index < -0.39 is 18.2 Å². The molecule has 0 saturated carbocycles. The summed E-state index contributed by atoms with van der Waals surface area (Å²) in [5.74, 6) is -0.147. The number of aliphatic hydroxyl groups is 3. The molecule has 3 atom stereocenters. The lowest BCUT2D eigenvalue weighted by molar-refractivity contribution is -0.124. The van der Waals surface area contributed by atoms with Crippen LogP contribution in [-0.4, -0.2) is 46.1 Å². The topological polar surface area (TPSA) is 89.8 Å². The Morgan fingerprint density at radius 3 is 0.967 bits per heavy atom. The maximum Gasteiger partial charge on any atom is 0.220 e. The fraction of sp³-hybridized carbons (Fsp3) is 0.945. The van der Waals surface area contributed by atoms with Gasteiger partial charge >= 0.3 is 0 Å². The van der Waals surface area contributed by atoms with E-state index in [0.29, 0.717) is 12.8 Å². The fourth-order valence-electron chi connectivity index (χ4n) is 8.87. The number of carbonyl (C=O) groups is 1. The lowest BCUT2D eigenvalue weighted by Crippen LogP contribution is -2.50. The van der Waals surface area contributed by atoms with Crippen LogP contribution >= 0.6 is 0 Å². The van der Waals surface area contributed by atoms with Gasteiger partial charge in [-0.25, -0.2) is 0 Å². The first-order valence-electron chi connectivity index (χ1n) is 27.5. The molecule has 0 saturated heterocycles. The molecule has 0 aliphatic heterocycles. The summed E-state index contributed by atoms with van der Waals surface area (Å²) in [5.41, 5.74) is 0. The number of rotatable bonds is 51. The van der Waals surface area contributed by atoms with E-state index in [4.69, 9.17) is 0 Å². The second-order valence-corrected chi connectivity index (χ2v) is 19.1. The summed E-state index contributed by atoms with van der Waals surface area (Å²) < 4.78 is 0. The summed E-state index contributed by atoms with van der Waals surface area (Å²) in [6.45, 7) is 4.21. The van der Waals surface area contributed by atoms with E-state index in [1.165, 1.54) is 244 Å². The highest BCUT2D eigenvalue weighted by Gasteiger charge is 2.26. The molecule has 0 radical (unpaired) electrons. The summed E-state index contributed by atoms with van der Waals surface area (Å²) in [6, 6.07) is -0.822.